The molecule has 1 fully saturated rings. The molecule has 0 radical (unpaired) electrons. The summed E-state index contributed by atoms with van der Waals surface area (Å²) in [7, 11) is 0. The van der Waals surface area contributed by atoms with E-state index in [1.54, 1.807) is 0 Å². The van der Waals surface area contributed by atoms with Crippen LogP contribution >= 0.6 is 0 Å². The summed E-state index contributed by atoms with van der Waals surface area (Å²) in [5.41, 5.74) is 1.24. The summed E-state index contributed by atoms with van der Waals surface area (Å²) in [6.45, 7) is 7.18. The number of likely N-dealkylation sites (tertiary alicyclic amines) is 1. The standard InChI is InChI=1S/C16H24N2O/c1-4-15(13-8-6-5-7-9-13)18-11-10-14(16(18)19)17-12(2)3/h5-9,12,14-15,17H,4,10-11H2,1-3H3. The highest BCUT2D eigenvalue weighted by atomic mass is 16.2. The van der Waals surface area contributed by atoms with Crippen LogP contribution in [0.1, 0.15) is 45.2 Å². The smallest absolute Gasteiger partial charge is 0.240 e. The van der Waals surface area contributed by atoms with Crippen molar-refractivity contribution in [2.24, 2.45) is 0 Å². The molecule has 1 aromatic carbocycles. The Morgan fingerprint density at radius 3 is 2.58 bits per heavy atom. The highest BCUT2D eigenvalue weighted by Crippen LogP contribution is 2.28. The molecule has 1 aromatic rings. The van der Waals surface area contributed by atoms with Gasteiger partial charge < -0.3 is 10.2 Å². The maximum absolute atomic E-state index is 12.5. The summed E-state index contributed by atoms with van der Waals surface area (Å²) in [6.07, 6.45) is 1.88. The van der Waals surface area contributed by atoms with Crippen molar-refractivity contribution < 1.29 is 4.79 Å². The van der Waals surface area contributed by atoms with Gasteiger partial charge in [-0.25, -0.2) is 0 Å². The van der Waals surface area contributed by atoms with Crippen molar-refractivity contribution in [1.29, 1.82) is 0 Å². The quantitative estimate of drug-likeness (QED) is 0.883. The van der Waals surface area contributed by atoms with Crippen molar-refractivity contribution in [2.45, 2.75) is 51.7 Å². The van der Waals surface area contributed by atoms with E-state index in [9.17, 15) is 4.79 Å². The van der Waals surface area contributed by atoms with Crippen LogP contribution in [0.5, 0.6) is 0 Å². The summed E-state index contributed by atoms with van der Waals surface area (Å²) in [5.74, 6) is 0.254. The predicted molar refractivity (Wildman–Crippen MR) is 77.9 cm³/mol. The number of amides is 1. The fourth-order valence-electron chi connectivity index (χ4n) is 2.88. The van der Waals surface area contributed by atoms with Crippen LogP contribution in [0.4, 0.5) is 0 Å². The van der Waals surface area contributed by atoms with E-state index in [0.717, 1.165) is 19.4 Å². The Kier molecular flexibility index (Phi) is 4.59. The van der Waals surface area contributed by atoms with Gasteiger partial charge in [-0.15, -0.1) is 0 Å². The Morgan fingerprint density at radius 2 is 2.00 bits per heavy atom. The highest BCUT2D eigenvalue weighted by molar-refractivity contribution is 5.84. The lowest BCUT2D eigenvalue weighted by Crippen LogP contribution is -2.42. The second-order valence-electron chi connectivity index (χ2n) is 5.53. The van der Waals surface area contributed by atoms with Gasteiger partial charge in [0, 0.05) is 12.6 Å². The minimum Gasteiger partial charge on any atom is -0.334 e. The van der Waals surface area contributed by atoms with Crippen molar-refractivity contribution in [1.82, 2.24) is 10.2 Å². The lowest BCUT2D eigenvalue weighted by molar-refractivity contribution is -0.131. The molecule has 3 nitrogen and oxygen atoms in total. The molecule has 1 aliphatic heterocycles. The van der Waals surface area contributed by atoms with Gasteiger partial charge in [-0.3, -0.25) is 4.79 Å². The molecule has 1 N–H and O–H groups in total. The average Bonchev–Trinajstić information content (AvgIpc) is 2.74. The first-order chi connectivity index (χ1) is 9.13. The van der Waals surface area contributed by atoms with E-state index in [1.807, 2.05) is 23.1 Å². The molecule has 1 saturated heterocycles. The zero-order chi connectivity index (χ0) is 13.8. The van der Waals surface area contributed by atoms with E-state index in [2.05, 4.69) is 38.2 Å². The van der Waals surface area contributed by atoms with Crippen molar-refractivity contribution in [3.63, 3.8) is 0 Å². The van der Waals surface area contributed by atoms with E-state index >= 15 is 0 Å². The Hall–Kier alpha value is -1.35. The number of carbonyl (C=O) groups excluding carboxylic acids is 1. The van der Waals surface area contributed by atoms with Crippen molar-refractivity contribution in [2.75, 3.05) is 6.54 Å². The van der Waals surface area contributed by atoms with E-state index in [0.29, 0.717) is 6.04 Å². The molecule has 1 heterocycles. The van der Waals surface area contributed by atoms with Gasteiger partial charge in [0.05, 0.1) is 12.1 Å². The molecule has 0 aliphatic carbocycles. The van der Waals surface area contributed by atoms with E-state index < -0.39 is 0 Å². The van der Waals surface area contributed by atoms with Gasteiger partial charge in [0.2, 0.25) is 5.91 Å². The van der Waals surface area contributed by atoms with Crippen LogP contribution in [0, 0.1) is 0 Å². The Balaban J connectivity index is 2.11. The Bertz CT molecular complexity index is 416. The molecule has 2 rings (SSSR count). The molecular formula is C16H24N2O. The van der Waals surface area contributed by atoms with Gasteiger partial charge in [-0.1, -0.05) is 51.1 Å². The van der Waals surface area contributed by atoms with Crippen LogP contribution in [-0.4, -0.2) is 29.4 Å². The third-order valence-corrected chi connectivity index (χ3v) is 3.72. The molecule has 0 spiro atoms. The molecule has 19 heavy (non-hydrogen) atoms. The first-order valence-corrected chi connectivity index (χ1v) is 7.25. The fourth-order valence-corrected chi connectivity index (χ4v) is 2.88. The summed E-state index contributed by atoms with van der Waals surface area (Å²) in [6, 6.07) is 10.9. The predicted octanol–water partition coefficient (Wildman–Crippen LogP) is 2.74. The number of benzene rings is 1. The Morgan fingerprint density at radius 1 is 1.32 bits per heavy atom. The Labute approximate surface area is 116 Å². The van der Waals surface area contributed by atoms with E-state index in [4.69, 9.17) is 0 Å². The van der Waals surface area contributed by atoms with Crippen LogP contribution in [0.2, 0.25) is 0 Å². The van der Waals surface area contributed by atoms with Crippen molar-refractivity contribution >= 4 is 5.91 Å². The average molecular weight is 260 g/mol. The van der Waals surface area contributed by atoms with Gasteiger partial charge in [-0.05, 0) is 18.4 Å². The molecule has 0 aromatic heterocycles. The molecular weight excluding hydrogens is 236 g/mol. The summed E-state index contributed by atoms with van der Waals surface area (Å²) in [5, 5.41) is 3.36. The van der Waals surface area contributed by atoms with Crippen LogP contribution in [0.15, 0.2) is 30.3 Å². The van der Waals surface area contributed by atoms with Crippen LogP contribution in [-0.2, 0) is 4.79 Å². The number of hydrogen-bond donors (Lipinski definition) is 1. The van der Waals surface area contributed by atoms with Crippen LogP contribution in [0.25, 0.3) is 0 Å². The molecule has 104 valence electrons. The molecule has 0 bridgehead atoms. The summed E-state index contributed by atoms with van der Waals surface area (Å²) < 4.78 is 0. The fraction of sp³-hybridized carbons (Fsp3) is 0.562. The largest absolute Gasteiger partial charge is 0.334 e. The highest BCUT2D eigenvalue weighted by Gasteiger charge is 2.35. The number of rotatable bonds is 5. The summed E-state index contributed by atoms with van der Waals surface area (Å²) in [4.78, 5) is 14.5. The zero-order valence-corrected chi connectivity index (χ0v) is 12.1. The number of carbonyl (C=O) groups is 1. The third-order valence-electron chi connectivity index (χ3n) is 3.72. The topological polar surface area (TPSA) is 32.3 Å². The van der Waals surface area contributed by atoms with Gasteiger partial charge >= 0.3 is 0 Å². The molecule has 3 heteroatoms. The first kappa shape index (κ1) is 14.1. The molecule has 2 unspecified atom stereocenters. The molecule has 1 aliphatic rings. The summed E-state index contributed by atoms with van der Waals surface area (Å²) >= 11 is 0. The number of hydrogen-bond acceptors (Lipinski definition) is 2. The molecule has 0 saturated carbocycles. The van der Waals surface area contributed by atoms with Crippen LogP contribution < -0.4 is 5.32 Å². The first-order valence-electron chi connectivity index (χ1n) is 7.25. The SMILES string of the molecule is CCC(c1ccccc1)N1CCC(NC(C)C)C1=O. The minimum atomic E-state index is -0.00207. The maximum atomic E-state index is 12.5. The van der Waals surface area contributed by atoms with E-state index in [1.165, 1.54) is 5.56 Å². The second kappa shape index (κ2) is 6.20. The monoisotopic (exact) mass is 260 g/mol. The lowest BCUT2D eigenvalue weighted by atomic mass is 10.0. The van der Waals surface area contributed by atoms with Crippen molar-refractivity contribution in [3.8, 4) is 0 Å². The normalized spacial score (nSPS) is 21.2. The molecule has 1 amide bonds. The third kappa shape index (κ3) is 3.16. The van der Waals surface area contributed by atoms with Gasteiger partial charge in [0.25, 0.3) is 0 Å². The van der Waals surface area contributed by atoms with Gasteiger partial charge in [0.15, 0.2) is 0 Å². The minimum absolute atomic E-state index is 0.00207. The lowest BCUT2D eigenvalue weighted by Gasteiger charge is -2.28. The van der Waals surface area contributed by atoms with E-state index in [-0.39, 0.29) is 18.0 Å². The zero-order valence-electron chi connectivity index (χ0n) is 12.1. The number of nitrogens with one attached hydrogen (secondary N) is 1. The van der Waals surface area contributed by atoms with Crippen molar-refractivity contribution in [3.05, 3.63) is 35.9 Å². The second-order valence-corrected chi connectivity index (χ2v) is 5.53. The van der Waals surface area contributed by atoms with Crippen LogP contribution in [0.3, 0.4) is 0 Å². The van der Waals surface area contributed by atoms with Gasteiger partial charge in [-0.2, -0.15) is 0 Å². The molecule has 2 atom stereocenters. The van der Waals surface area contributed by atoms with Gasteiger partial charge in [0.1, 0.15) is 0 Å². The number of nitrogens with zero attached hydrogens (tertiary/aromatic N) is 1. The maximum Gasteiger partial charge on any atom is 0.240 e.